The van der Waals surface area contributed by atoms with Crippen LogP contribution in [0.1, 0.15) is 32.4 Å². The Morgan fingerprint density at radius 1 is 1.53 bits per heavy atom. The van der Waals surface area contributed by atoms with Crippen LogP contribution in [-0.4, -0.2) is 23.3 Å². The fourth-order valence-electron chi connectivity index (χ4n) is 1.51. The molecule has 6 heteroatoms. The van der Waals surface area contributed by atoms with Crippen molar-refractivity contribution in [2.75, 3.05) is 6.54 Å². The molecular formula is C13H19FN2O3. The summed E-state index contributed by atoms with van der Waals surface area (Å²) in [4.78, 5) is 11.6. The molecule has 0 aliphatic carbocycles. The van der Waals surface area contributed by atoms with Crippen molar-refractivity contribution >= 4 is 6.09 Å². The summed E-state index contributed by atoms with van der Waals surface area (Å²) in [6.07, 6.45) is -0.671. The maximum absolute atomic E-state index is 13.7. The fourth-order valence-corrected chi connectivity index (χ4v) is 1.51. The van der Waals surface area contributed by atoms with Crippen molar-refractivity contribution < 1.29 is 19.0 Å². The SMILES string of the molecule is CC(C)(C)OC(=O)NC(CN)c1ccc(O)cc1F. The number of nitrogens with two attached hydrogens (primary N) is 1. The molecule has 0 saturated carbocycles. The third-order valence-electron chi connectivity index (χ3n) is 2.29. The molecule has 0 spiro atoms. The molecule has 1 rings (SSSR count). The Bertz CT molecular complexity index is 458. The van der Waals surface area contributed by atoms with Gasteiger partial charge < -0.3 is 20.9 Å². The lowest BCUT2D eigenvalue weighted by Crippen LogP contribution is -2.38. The van der Waals surface area contributed by atoms with Crippen LogP contribution < -0.4 is 11.1 Å². The normalized spacial score (nSPS) is 12.9. The minimum absolute atomic E-state index is 0.0148. The molecule has 1 unspecified atom stereocenters. The number of ether oxygens (including phenoxy) is 1. The number of phenolic OH excluding ortho intramolecular Hbond substituents is 1. The number of amides is 1. The molecule has 1 aromatic rings. The highest BCUT2D eigenvalue weighted by Crippen LogP contribution is 2.21. The van der Waals surface area contributed by atoms with E-state index in [1.807, 2.05) is 0 Å². The van der Waals surface area contributed by atoms with Crippen molar-refractivity contribution in [3.63, 3.8) is 0 Å². The molecule has 0 aliphatic heterocycles. The molecule has 0 aliphatic rings. The van der Waals surface area contributed by atoms with Crippen LogP contribution in [0.5, 0.6) is 5.75 Å². The molecule has 0 saturated heterocycles. The summed E-state index contributed by atoms with van der Waals surface area (Å²) >= 11 is 0. The van der Waals surface area contributed by atoms with E-state index in [4.69, 9.17) is 15.6 Å². The standard InChI is InChI=1S/C13H19FN2O3/c1-13(2,3)19-12(18)16-11(7-15)9-5-4-8(17)6-10(9)14/h4-6,11,17H,7,15H2,1-3H3,(H,16,18). The van der Waals surface area contributed by atoms with Gasteiger partial charge in [0.25, 0.3) is 0 Å². The van der Waals surface area contributed by atoms with Crippen molar-refractivity contribution in [2.24, 2.45) is 5.73 Å². The van der Waals surface area contributed by atoms with Gasteiger partial charge in [0.15, 0.2) is 0 Å². The number of alkyl carbamates (subject to hydrolysis) is 1. The summed E-state index contributed by atoms with van der Waals surface area (Å²) in [6, 6.07) is 2.96. The highest BCUT2D eigenvalue weighted by Gasteiger charge is 2.21. The van der Waals surface area contributed by atoms with Crippen LogP contribution in [-0.2, 0) is 4.74 Å². The van der Waals surface area contributed by atoms with Crippen molar-refractivity contribution in [3.8, 4) is 5.75 Å². The third kappa shape index (κ3) is 4.75. The topological polar surface area (TPSA) is 84.6 Å². The monoisotopic (exact) mass is 270 g/mol. The highest BCUT2D eigenvalue weighted by atomic mass is 19.1. The van der Waals surface area contributed by atoms with Gasteiger partial charge in [0.05, 0.1) is 6.04 Å². The Kier molecular flexibility index (Phi) is 4.72. The largest absolute Gasteiger partial charge is 0.508 e. The van der Waals surface area contributed by atoms with Crippen LogP contribution in [0.2, 0.25) is 0 Å². The predicted molar refractivity (Wildman–Crippen MR) is 69.2 cm³/mol. The second kappa shape index (κ2) is 5.88. The number of nitrogens with one attached hydrogen (secondary N) is 1. The van der Waals surface area contributed by atoms with Crippen LogP contribution in [0, 0.1) is 5.82 Å². The Morgan fingerprint density at radius 2 is 2.16 bits per heavy atom. The number of phenols is 1. The number of hydrogen-bond acceptors (Lipinski definition) is 4. The van der Waals surface area contributed by atoms with Gasteiger partial charge in [-0.2, -0.15) is 0 Å². The minimum Gasteiger partial charge on any atom is -0.508 e. The van der Waals surface area contributed by atoms with Gasteiger partial charge in [-0.05, 0) is 26.8 Å². The third-order valence-corrected chi connectivity index (χ3v) is 2.29. The van der Waals surface area contributed by atoms with Crippen LogP contribution in [0.15, 0.2) is 18.2 Å². The van der Waals surface area contributed by atoms with E-state index in [0.29, 0.717) is 0 Å². The molecule has 0 bridgehead atoms. The van der Waals surface area contributed by atoms with Gasteiger partial charge in [-0.3, -0.25) is 0 Å². The zero-order valence-electron chi connectivity index (χ0n) is 11.2. The molecule has 0 fully saturated rings. The number of benzene rings is 1. The van der Waals surface area contributed by atoms with Crippen molar-refractivity contribution in [1.82, 2.24) is 5.32 Å². The molecule has 1 amide bonds. The van der Waals surface area contributed by atoms with Gasteiger partial charge in [0.1, 0.15) is 17.2 Å². The van der Waals surface area contributed by atoms with Gasteiger partial charge >= 0.3 is 6.09 Å². The number of rotatable bonds is 3. The molecule has 1 atom stereocenters. The van der Waals surface area contributed by atoms with Gasteiger partial charge in [-0.1, -0.05) is 6.07 Å². The number of carbonyl (C=O) groups is 1. The summed E-state index contributed by atoms with van der Waals surface area (Å²) < 4.78 is 18.7. The number of carbonyl (C=O) groups excluding carboxylic acids is 1. The van der Waals surface area contributed by atoms with E-state index >= 15 is 0 Å². The smallest absolute Gasteiger partial charge is 0.408 e. The summed E-state index contributed by atoms with van der Waals surface area (Å²) in [5.74, 6) is -0.819. The number of hydrogen-bond donors (Lipinski definition) is 3. The predicted octanol–water partition coefficient (Wildman–Crippen LogP) is 2.06. The Morgan fingerprint density at radius 3 is 2.63 bits per heavy atom. The van der Waals surface area contributed by atoms with Gasteiger partial charge in [-0.25, -0.2) is 9.18 Å². The zero-order valence-corrected chi connectivity index (χ0v) is 11.2. The first-order chi connectivity index (χ1) is 8.73. The van der Waals surface area contributed by atoms with Crippen LogP contribution in [0.25, 0.3) is 0 Å². The molecule has 0 aromatic heterocycles. The van der Waals surface area contributed by atoms with E-state index in [-0.39, 0.29) is 17.9 Å². The Balaban J connectivity index is 2.81. The van der Waals surface area contributed by atoms with E-state index in [9.17, 15) is 9.18 Å². The molecule has 1 aromatic carbocycles. The average molecular weight is 270 g/mol. The van der Waals surface area contributed by atoms with E-state index < -0.39 is 23.6 Å². The van der Waals surface area contributed by atoms with Gasteiger partial charge in [-0.15, -0.1) is 0 Å². The van der Waals surface area contributed by atoms with Crippen molar-refractivity contribution in [3.05, 3.63) is 29.6 Å². The quantitative estimate of drug-likeness (QED) is 0.784. The first-order valence-corrected chi connectivity index (χ1v) is 5.91. The molecule has 106 valence electrons. The molecule has 0 radical (unpaired) electrons. The molecule has 5 nitrogen and oxygen atoms in total. The highest BCUT2D eigenvalue weighted by molar-refractivity contribution is 5.68. The summed E-state index contributed by atoms with van der Waals surface area (Å²) in [5, 5.41) is 11.6. The van der Waals surface area contributed by atoms with Gasteiger partial charge in [0.2, 0.25) is 0 Å². The average Bonchev–Trinajstić information content (AvgIpc) is 2.24. The lowest BCUT2D eigenvalue weighted by Gasteiger charge is -2.23. The Labute approximate surface area is 111 Å². The van der Waals surface area contributed by atoms with Crippen LogP contribution in [0.3, 0.4) is 0 Å². The zero-order chi connectivity index (χ0) is 14.6. The first kappa shape index (κ1) is 15.2. The van der Waals surface area contributed by atoms with E-state index in [2.05, 4.69) is 5.32 Å². The second-order valence-corrected chi connectivity index (χ2v) is 5.14. The van der Waals surface area contributed by atoms with Crippen LogP contribution >= 0.6 is 0 Å². The van der Waals surface area contributed by atoms with Crippen LogP contribution in [0.4, 0.5) is 9.18 Å². The number of halogens is 1. The lowest BCUT2D eigenvalue weighted by atomic mass is 10.1. The first-order valence-electron chi connectivity index (χ1n) is 5.91. The second-order valence-electron chi connectivity index (χ2n) is 5.14. The Hall–Kier alpha value is -1.82. The summed E-state index contributed by atoms with van der Waals surface area (Å²) in [7, 11) is 0. The van der Waals surface area contributed by atoms with E-state index in [1.165, 1.54) is 12.1 Å². The maximum atomic E-state index is 13.7. The maximum Gasteiger partial charge on any atom is 0.408 e. The van der Waals surface area contributed by atoms with E-state index in [1.54, 1.807) is 20.8 Å². The van der Waals surface area contributed by atoms with Crippen molar-refractivity contribution in [2.45, 2.75) is 32.4 Å². The van der Waals surface area contributed by atoms with Crippen molar-refractivity contribution in [1.29, 1.82) is 0 Å². The summed E-state index contributed by atoms with van der Waals surface area (Å²) in [6.45, 7) is 5.20. The molecule has 19 heavy (non-hydrogen) atoms. The fraction of sp³-hybridized carbons (Fsp3) is 0.462. The molecule has 0 heterocycles. The lowest BCUT2D eigenvalue weighted by molar-refractivity contribution is 0.0504. The van der Waals surface area contributed by atoms with Gasteiger partial charge in [0, 0.05) is 18.2 Å². The molecular weight excluding hydrogens is 251 g/mol. The van der Waals surface area contributed by atoms with E-state index in [0.717, 1.165) is 6.07 Å². The number of aromatic hydroxyl groups is 1. The minimum atomic E-state index is -0.713. The molecule has 4 N–H and O–H groups in total. The summed E-state index contributed by atoms with van der Waals surface area (Å²) in [5.41, 5.74) is 5.08.